The van der Waals surface area contributed by atoms with E-state index in [9.17, 15) is 4.79 Å². The molecule has 0 bridgehead atoms. The molecule has 0 N–H and O–H groups in total. The lowest BCUT2D eigenvalue weighted by Crippen LogP contribution is -2.53. The Morgan fingerprint density at radius 3 is 2.48 bits per heavy atom. The summed E-state index contributed by atoms with van der Waals surface area (Å²) in [6, 6.07) is 10.6. The number of benzene rings is 1. The van der Waals surface area contributed by atoms with Crippen molar-refractivity contribution in [1.29, 1.82) is 0 Å². The van der Waals surface area contributed by atoms with E-state index < -0.39 is 0 Å². The summed E-state index contributed by atoms with van der Waals surface area (Å²) in [5.74, 6) is 2.68. The van der Waals surface area contributed by atoms with Crippen LogP contribution in [0.1, 0.15) is 84.6 Å². The van der Waals surface area contributed by atoms with E-state index in [1.165, 1.54) is 44.1 Å². The van der Waals surface area contributed by atoms with Gasteiger partial charge in [-0.15, -0.1) is 0 Å². The Morgan fingerprint density at radius 2 is 1.74 bits per heavy atom. The molecule has 1 aromatic carbocycles. The summed E-state index contributed by atoms with van der Waals surface area (Å²) < 4.78 is 6.36. The highest BCUT2D eigenvalue weighted by Gasteiger charge is 2.63. The molecule has 3 saturated carbocycles. The molecular weight excluding hydrogens is 380 g/mol. The molecule has 5 rings (SSSR count). The Kier molecular flexibility index (Phi) is 5.24. The van der Waals surface area contributed by atoms with Gasteiger partial charge in [0.15, 0.2) is 0 Å². The van der Waals surface area contributed by atoms with Gasteiger partial charge < -0.3 is 4.74 Å². The van der Waals surface area contributed by atoms with E-state index in [-0.39, 0.29) is 10.8 Å². The Morgan fingerprint density at radius 1 is 1.00 bits per heavy atom. The van der Waals surface area contributed by atoms with E-state index >= 15 is 0 Å². The van der Waals surface area contributed by atoms with Gasteiger partial charge in [-0.1, -0.05) is 62.8 Å². The van der Waals surface area contributed by atoms with E-state index in [4.69, 9.17) is 4.74 Å². The van der Waals surface area contributed by atoms with E-state index in [0.29, 0.717) is 23.2 Å². The van der Waals surface area contributed by atoms with Crippen LogP contribution in [0.5, 0.6) is 0 Å². The second-order valence-corrected chi connectivity index (χ2v) is 11.8. The molecular formula is C29H40O2. The first-order chi connectivity index (χ1) is 14.8. The molecule has 31 heavy (non-hydrogen) atoms. The number of rotatable bonds is 4. The highest BCUT2D eigenvalue weighted by Crippen LogP contribution is 2.69. The second-order valence-electron chi connectivity index (χ2n) is 11.8. The van der Waals surface area contributed by atoms with Crippen LogP contribution < -0.4 is 0 Å². The van der Waals surface area contributed by atoms with Crippen molar-refractivity contribution in [1.82, 2.24) is 0 Å². The number of fused-ring (bicyclic) bond motifs is 5. The average molecular weight is 421 g/mol. The van der Waals surface area contributed by atoms with Gasteiger partial charge in [0.1, 0.15) is 5.78 Å². The molecule has 0 radical (unpaired) electrons. The highest BCUT2D eigenvalue weighted by atomic mass is 16.5. The zero-order valence-corrected chi connectivity index (χ0v) is 20.0. The van der Waals surface area contributed by atoms with Crippen LogP contribution in [0, 0.1) is 34.0 Å². The predicted molar refractivity (Wildman–Crippen MR) is 126 cm³/mol. The van der Waals surface area contributed by atoms with Crippen LogP contribution >= 0.6 is 0 Å². The van der Waals surface area contributed by atoms with Crippen LogP contribution in [-0.4, -0.2) is 11.9 Å². The first kappa shape index (κ1) is 21.4. The Balaban J connectivity index is 1.32. The molecule has 0 saturated heterocycles. The van der Waals surface area contributed by atoms with Crippen LogP contribution in [0.2, 0.25) is 0 Å². The lowest BCUT2D eigenvalue weighted by atomic mass is 9.45. The molecule has 0 aliphatic heterocycles. The standard InChI is InChI=1S/C29H40O2/c1-20(30)28(3)16-14-26-24-11-10-22-18-23(31-19-21-8-6-5-7-9-21)12-15-27(22,2)25(24)13-17-29(26,28)4/h5-10,23-26H,11-19H2,1-4H3/t23-,24+,25-,26-,27-,28+,29-/m0/s1. The fraction of sp³-hybridized carbons (Fsp3) is 0.690. The third kappa shape index (κ3) is 3.19. The Hall–Kier alpha value is -1.41. The number of Topliss-reactive ketones (excluding diaryl/α,β-unsaturated/α-hetero) is 1. The summed E-state index contributed by atoms with van der Waals surface area (Å²) in [5.41, 5.74) is 3.36. The SMILES string of the molecule is CC(=O)[C@@]1(C)CC[C@H]2[C@@H]3CC=C4C[C@@H](OCc5ccccc5)CC[C@]4(C)[C@H]3CC[C@@]21C. The summed E-state index contributed by atoms with van der Waals surface area (Å²) >= 11 is 0. The van der Waals surface area contributed by atoms with Gasteiger partial charge in [0.2, 0.25) is 0 Å². The van der Waals surface area contributed by atoms with Crippen molar-refractivity contribution in [3.05, 3.63) is 47.5 Å². The molecule has 168 valence electrons. The zero-order chi connectivity index (χ0) is 21.9. The fourth-order valence-electron chi connectivity index (χ4n) is 8.40. The maximum absolute atomic E-state index is 12.7. The maximum atomic E-state index is 12.7. The molecule has 0 spiro atoms. The number of hydrogen-bond donors (Lipinski definition) is 0. The second kappa shape index (κ2) is 7.58. The van der Waals surface area contributed by atoms with Crippen molar-refractivity contribution >= 4 is 5.78 Å². The summed E-state index contributed by atoms with van der Waals surface area (Å²) in [4.78, 5) is 12.7. The molecule has 0 aromatic heterocycles. The van der Waals surface area contributed by atoms with Gasteiger partial charge in [0.05, 0.1) is 12.7 Å². The summed E-state index contributed by atoms with van der Waals surface area (Å²) in [5, 5.41) is 0. The summed E-state index contributed by atoms with van der Waals surface area (Å²) in [6.07, 6.45) is 12.6. The predicted octanol–water partition coefficient (Wildman–Crippen LogP) is 7.13. The van der Waals surface area contributed by atoms with Crippen molar-refractivity contribution in [3.8, 4) is 0 Å². The molecule has 0 amide bonds. The number of carbonyl (C=O) groups excluding carboxylic acids is 1. The molecule has 2 heteroatoms. The van der Waals surface area contributed by atoms with Crippen LogP contribution in [-0.2, 0) is 16.1 Å². The molecule has 4 aliphatic carbocycles. The minimum Gasteiger partial charge on any atom is -0.373 e. The van der Waals surface area contributed by atoms with Crippen molar-refractivity contribution in [2.24, 2.45) is 34.0 Å². The smallest absolute Gasteiger partial charge is 0.136 e. The van der Waals surface area contributed by atoms with Gasteiger partial charge >= 0.3 is 0 Å². The first-order valence-corrected chi connectivity index (χ1v) is 12.6. The minimum absolute atomic E-state index is 0.115. The quantitative estimate of drug-likeness (QED) is 0.484. The van der Waals surface area contributed by atoms with Crippen LogP contribution in [0.3, 0.4) is 0 Å². The normalized spacial score (nSPS) is 44.1. The minimum atomic E-state index is -0.115. The van der Waals surface area contributed by atoms with E-state index in [2.05, 4.69) is 57.2 Å². The van der Waals surface area contributed by atoms with Crippen LogP contribution in [0.25, 0.3) is 0 Å². The number of carbonyl (C=O) groups is 1. The van der Waals surface area contributed by atoms with Crippen molar-refractivity contribution < 1.29 is 9.53 Å². The number of allylic oxidation sites excluding steroid dienone is 1. The summed E-state index contributed by atoms with van der Waals surface area (Å²) in [7, 11) is 0. The maximum Gasteiger partial charge on any atom is 0.136 e. The van der Waals surface area contributed by atoms with E-state index in [1.54, 1.807) is 5.57 Å². The molecule has 4 aliphatic rings. The molecule has 1 aromatic rings. The molecule has 7 atom stereocenters. The monoisotopic (exact) mass is 420 g/mol. The lowest BCUT2D eigenvalue weighted by molar-refractivity contribution is -0.138. The molecule has 0 unspecified atom stereocenters. The fourth-order valence-corrected chi connectivity index (χ4v) is 8.40. The molecule has 3 fully saturated rings. The Bertz CT molecular complexity index is 872. The van der Waals surface area contributed by atoms with E-state index in [0.717, 1.165) is 31.3 Å². The van der Waals surface area contributed by atoms with Crippen LogP contribution in [0.15, 0.2) is 42.0 Å². The van der Waals surface area contributed by atoms with Crippen molar-refractivity contribution in [2.45, 2.75) is 91.8 Å². The van der Waals surface area contributed by atoms with Gasteiger partial charge in [-0.3, -0.25) is 4.79 Å². The first-order valence-electron chi connectivity index (χ1n) is 12.6. The number of ether oxygens (including phenoxy) is 1. The number of hydrogen-bond acceptors (Lipinski definition) is 2. The van der Waals surface area contributed by atoms with Gasteiger partial charge in [0, 0.05) is 5.41 Å². The Labute approximate surface area is 188 Å². The molecule has 2 nitrogen and oxygen atoms in total. The summed E-state index contributed by atoms with van der Waals surface area (Å²) in [6.45, 7) is 9.86. The molecule has 0 heterocycles. The van der Waals surface area contributed by atoms with Crippen molar-refractivity contribution in [2.75, 3.05) is 0 Å². The zero-order valence-electron chi connectivity index (χ0n) is 20.0. The third-order valence-electron chi connectivity index (χ3n) is 10.8. The van der Waals surface area contributed by atoms with Crippen LogP contribution in [0.4, 0.5) is 0 Å². The third-order valence-corrected chi connectivity index (χ3v) is 10.8. The average Bonchev–Trinajstić information content (AvgIpc) is 3.05. The number of ketones is 1. The van der Waals surface area contributed by atoms with Gasteiger partial charge in [-0.25, -0.2) is 0 Å². The topological polar surface area (TPSA) is 26.3 Å². The van der Waals surface area contributed by atoms with Gasteiger partial charge in [0.25, 0.3) is 0 Å². The lowest BCUT2D eigenvalue weighted by Gasteiger charge is -2.59. The largest absolute Gasteiger partial charge is 0.373 e. The highest BCUT2D eigenvalue weighted by molar-refractivity contribution is 5.83. The van der Waals surface area contributed by atoms with Gasteiger partial charge in [-0.2, -0.15) is 0 Å². The van der Waals surface area contributed by atoms with Crippen molar-refractivity contribution in [3.63, 3.8) is 0 Å². The van der Waals surface area contributed by atoms with E-state index in [1.807, 2.05) is 6.92 Å². The van der Waals surface area contributed by atoms with Gasteiger partial charge in [-0.05, 0) is 92.4 Å².